The van der Waals surface area contributed by atoms with Gasteiger partial charge in [0.05, 0.1) is 0 Å². The number of amides is 1. The fourth-order valence-corrected chi connectivity index (χ4v) is 2.86. The van der Waals surface area contributed by atoms with E-state index in [9.17, 15) is 4.79 Å². The molecule has 0 unspecified atom stereocenters. The zero-order chi connectivity index (χ0) is 19.2. The van der Waals surface area contributed by atoms with Crippen LogP contribution in [0.25, 0.3) is 0 Å². The molecule has 0 aliphatic carbocycles. The number of carbonyl (C=O) groups excluding carboxylic acids is 1. The minimum absolute atomic E-state index is 0.122. The van der Waals surface area contributed by atoms with Gasteiger partial charge >= 0.3 is 0 Å². The molecule has 0 fully saturated rings. The second-order valence-electron chi connectivity index (χ2n) is 6.65. The molecule has 0 saturated heterocycles. The van der Waals surface area contributed by atoms with Crippen LogP contribution < -0.4 is 5.32 Å². The molecule has 0 spiro atoms. The average Bonchev–Trinajstić information content (AvgIpc) is 2.67. The summed E-state index contributed by atoms with van der Waals surface area (Å²) in [5.74, 6) is 0.345. The van der Waals surface area contributed by atoms with Gasteiger partial charge in [-0.2, -0.15) is 0 Å². The van der Waals surface area contributed by atoms with Gasteiger partial charge in [-0.1, -0.05) is 54.6 Å². The quantitative estimate of drug-likeness (QED) is 0.722. The summed E-state index contributed by atoms with van der Waals surface area (Å²) in [6.45, 7) is 5.09. The topological polar surface area (TPSA) is 58.1 Å². The van der Waals surface area contributed by atoms with E-state index in [1.165, 1.54) is 11.1 Å². The van der Waals surface area contributed by atoms with E-state index in [0.29, 0.717) is 24.7 Å². The van der Waals surface area contributed by atoms with Crippen LogP contribution >= 0.6 is 0 Å². The van der Waals surface area contributed by atoms with Crippen molar-refractivity contribution in [1.82, 2.24) is 14.9 Å². The number of nitrogens with zero attached hydrogens (tertiary/aromatic N) is 3. The maximum absolute atomic E-state index is 12.8. The fraction of sp³-hybridized carbons (Fsp3) is 0.227. The summed E-state index contributed by atoms with van der Waals surface area (Å²) in [5, 5.41) is 3.23. The van der Waals surface area contributed by atoms with E-state index < -0.39 is 0 Å². The lowest BCUT2D eigenvalue weighted by Gasteiger charge is -2.17. The van der Waals surface area contributed by atoms with E-state index in [0.717, 1.165) is 11.3 Å². The van der Waals surface area contributed by atoms with Gasteiger partial charge in [0.2, 0.25) is 5.95 Å². The molecule has 0 bridgehead atoms. The van der Waals surface area contributed by atoms with Crippen LogP contribution in [0, 0.1) is 13.8 Å². The van der Waals surface area contributed by atoms with Crippen LogP contribution in [-0.4, -0.2) is 27.8 Å². The number of carbonyl (C=O) groups is 1. The summed E-state index contributed by atoms with van der Waals surface area (Å²) in [7, 11) is 1.78. The third-order valence-corrected chi connectivity index (χ3v) is 4.38. The predicted molar refractivity (Wildman–Crippen MR) is 108 cm³/mol. The van der Waals surface area contributed by atoms with Crippen LogP contribution in [0.5, 0.6) is 0 Å². The number of hydrogen-bond acceptors (Lipinski definition) is 4. The van der Waals surface area contributed by atoms with Crippen molar-refractivity contribution in [1.29, 1.82) is 0 Å². The van der Waals surface area contributed by atoms with E-state index in [1.54, 1.807) is 18.0 Å². The Hall–Kier alpha value is -3.21. The minimum atomic E-state index is -0.122. The molecule has 5 heteroatoms. The first-order valence-electron chi connectivity index (χ1n) is 8.96. The van der Waals surface area contributed by atoms with Crippen molar-refractivity contribution in [3.63, 3.8) is 0 Å². The Balaban J connectivity index is 1.72. The maximum atomic E-state index is 12.8. The van der Waals surface area contributed by atoms with Crippen LogP contribution in [0.4, 0.5) is 5.95 Å². The molecule has 3 rings (SSSR count). The summed E-state index contributed by atoms with van der Waals surface area (Å²) in [6.07, 6.45) is 0. The Morgan fingerprint density at radius 3 is 2.44 bits per heavy atom. The number of benzene rings is 2. The molecule has 0 aliphatic rings. The molecule has 0 radical (unpaired) electrons. The Morgan fingerprint density at radius 2 is 1.70 bits per heavy atom. The highest BCUT2D eigenvalue weighted by atomic mass is 16.2. The van der Waals surface area contributed by atoms with Crippen molar-refractivity contribution in [3.8, 4) is 0 Å². The molecule has 0 saturated carbocycles. The van der Waals surface area contributed by atoms with E-state index in [1.807, 2.05) is 49.4 Å². The molecule has 1 heterocycles. The van der Waals surface area contributed by atoms with Gasteiger partial charge in [-0.3, -0.25) is 4.79 Å². The van der Waals surface area contributed by atoms with Crippen molar-refractivity contribution in [2.24, 2.45) is 0 Å². The van der Waals surface area contributed by atoms with Gasteiger partial charge in [0.15, 0.2) is 0 Å². The fourth-order valence-electron chi connectivity index (χ4n) is 2.86. The Labute approximate surface area is 160 Å². The van der Waals surface area contributed by atoms with E-state index in [4.69, 9.17) is 0 Å². The second kappa shape index (κ2) is 8.45. The first-order chi connectivity index (χ1) is 13.0. The van der Waals surface area contributed by atoms with E-state index in [2.05, 4.69) is 34.3 Å². The molecular formula is C22H24N4O. The standard InChI is InChI=1S/C22H24N4O/c1-16-9-7-8-12-19(16)14-23-22-24-17(2)13-20(25-22)21(27)26(3)15-18-10-5-4-6-11-18/h4-13H,14-15H2,1-3H3,(H,23,24,25). The third kappa shape index (κ3) is 4.91. The van der Waals surface area contributed by atoms with Crippen molar-refractivity contribution in [2.75, 3.05) is 12.4 Å². The van der Waals surface area contributed by atoms with E-state index >= 15 is 0 Å². The number of anilines is 1. The SMILES string of the molecule is Cc1cc(C(=O)N(C)Cc2ccccc2)nc(NCc2ccccc2C)n1. The minimum Gasteiger partial charge on any atom is -0.350 e. The number of aromatic nitrogens is 2. The monoisotopic (exact) mass is 360 g/mol. The number of rotatable bonds is 6. The van der Waals surface area contributed by atoms with Gasteiger partial charge < -0.3 is 10.2 Å². The summed E-state index contributed by atoms with van der Waals surface area (Å²) >= 11 is 0. The van der Waals surface area contributed by atoms with Gasteiger partial charge in [0.1, 0.15) is 5.69 Å². The molecular weight excluding hydrogens is 336 g/mol. The Morgan fingerprint density at radius 1 is 1.00 bits per heavy atom. The molecule has 0 atom stereocenters. The highest BCUT2D eigenvalue weighted by molar-refractivity contribution is 5.92. The highest BCUT2D eigenvalue weighted by Crippen LogP contribution is 2.12. The second-order valence-corrected chi connectivity index (χ2v) is 6.65. The van der Waals surface area contributed by atoms with Gasteiger partial charge in [-0.05, 0) is 36.6 Å². The predicted octanol–water partition coefficient (Wildman–Crippen LogP) is 3.98. The first-order valence-corrected chi connectivity index (χ1v) is 8.96. The molecule has 1 aromatic heterocycles. The number of hydrogen-bond donors (Lipinski definition) is 1. The molecule has 1 amide bonds. The Kier molecular flexibility index (Phi) is 5.81. The first kappa shape index (κ1) is 18.6. The maximum Gasteiger partial charge on any atom is 0.272 e. The normalized spacial score (nSPS) is 10.5. The van der Waals surface area contributed by atoms with Crippen LogP contribution in [0.3, 0.4) is 0 Å². The van der Waals surface area contributed by atoms with Crippen LogP contribution in [0.15, 0.2) is 60.7 Å². The summed E-state index contributed by atoms with van der Waals surface area (Å²) in [6, 6.07) is 19.8. The third-order valence-electron chi connectivity index (χ3n) is 4.38. The van der Waals surface area contributed by atoms with Crippen molar-refractivity contribution >= 4 is 11.9 Å². The molecule has 5 nitrogen and oxygen atoms in total. The number of aryl methyl sites for hydroxylation is 2. The smallest absolute Gasteiger partial charge is 0.272 e. The van der Waals surface area contributed by atoms with Crippen LogP contribution in [-0.2, 0) is 13.1 Å². The van der Waals surface area contributed by atoms with E-state index in [-0.39, 0.29) is 5.91 Å². The van der Waals surface area contributed by atoms with Gasteiger partial charge in [0, 0.05) is 25.8 Å². The van der Waals surface area contributed by atoms with Crippen molar-refractivity contribution in [2.45, 2.75) is 26.9 Å². The molecule has 138 valence electrons. The van der Waals surface area contributed by atoms with Gasteiger partial charge in [0.25, 0.3) is 5.91 Å². The molecule has 27 heavy (non-hydrogen) atoms. The molecule has 3 aromatic rings. The average molecular weight is 360 g/mol. The van der Waals surface area contributed by atoms with Crippen molar-refractivity contribution < 1.29 is 4.79 Å². The zero-order valence-corrected chi connectivity index (χ0v) is 15.9. The number of nitrogens with one attached hydrogen (secondary N) is 1. The molecule has 2 aromatic carbocycles. The zero-order valence-electron chi connectivity index (χ0n) is 15.9. The van der Waals surface area contributed by atoms with Crippen LogP contribution in [0.2, 0.25) is 0 Å². The molecule has 1 N–H and O–H groups in total. The lowest BCUT2D eigenvalue weighted by molar-refractivity contribution is 0.0779. The summed E-state index contributed by atoms with van der Waals surface area (Å²) in [5.41, 5.74) is 4.62. The lowest BCUT2D eigenvalue weighted by atomic mass is 10.1. The highest BCUT2D eigenvalue weighted by Gasteiger charge is 2.15. The Bertz CT molecular complexity index is 925. The lowest BCUT2D eigenvalue weighted by Crippen LogP contribution is -2.27. The largest absolute Gasteiger partial charge is 0.350 e. The summed E-state index contributed by atoms with van der Waals surface area (Å²) < 4.78 is 0. The van der Waals surface area contributed by atoms with Crippen LogP contribution in [0.1, 0.15) is 32.9 Å². The summed E-state index contributed by atoms with van der Waals surface area (Å²) in [4.78, 5) is 23.3. The van der Waals surface area contributed by atoms with Gasteiger partial charge in [-0.25, -0.2) is 9.97 Å². The van der Waals surface area contributed by atoms with Gasteiger partial charge in [-0.15, -0.1) is 0 Å². The van der Waals surface area contributed by atoms with Crippen molar-refractivity contribution in [3.05, 3.63) is 88.7 Å². The molecule has 0 aliphatic heterocycles.